The van der Waals surface area contributed by atoms with Crippen molar-refractivity contribution < 1.29 is 9.53 Å². The second kappa shape index (κ2) is 4.91. The highest BCUT2D eigenvalue weighted by Gasteiger charge is 2.15. The summed E-state index contributed by atoms with van der Waals surface area (Å²) in [5.74, 6) is -0.432. The number of benzene rings is 1. The van der Waals surface area contributed by atoms with E-state index in [2.05, 4.69) is 4.74 Å². The minimum Gasteiger partial charge on any atom is -0.465 e. The van der Waals surface area contributed by atoms with Crippen LogP contribution in [-0.4, -0.2) is 13.1 Å². The summed E-state index contributed by atoms with van der Waals surface area (Å²) >= 11 is 5.92. The van der Waals surface area contributed by atoms with E-state index in [1.54, 1.807) is 12.1 Å². The molecule has 0 amide bonds. The minimum absolute atomic E-state index is 0.400. The molecule has 0 aliphatic heterocycles. The fourth-order valence-corrected chi connectivity index (χ4v) is 2.43. The third-order valence-corrected chi connectivity index (χ3v) is 3.14. The van der Waals surface area contributed by atoms with E-state index in [4.69, 9.17) is 22.3 Å². The van der Waals surface area contributed by atoms with E-state index in [1.807, 2.05) is 6.92 Å². The van der Waals surface area contributed by atoms with Gasteiger partial charge in [0.25, 0.3) is 0 Å². The van der Waals surface area contributed by atoms with Gasteiger partial charge in [-0.2, -0.15) is 0 Å². The molecule has 0 fully saturated rings. The normalized spacial score (nSPS) is 10.0. The number of hydrogen-bond donors (Lipinski definition) is 0. The van der Waals surface area contributed by atoms with E-state index >= 15 is 0 Å². The molecule has 0 aliphatic rings. The summed E-state index contributed by atoms with van der Waals surface area (Å²) in [6.45, 7) is 1.85. The van der Waals surface area contributed by atoms with Gasteiger partial charge in [0.05, 0.1) is 22.6 Å². The third kappa shape index (κ3) is 2.35. The predicted molar refractivity (Wildman–Crippen MR) is 59.2 cm³/mol. The highest BCUT2D eigenvalue weighted by Crippen LogP contribution is 2.34. The van der Waals surface area contributed by atoms with Crippen molar-refractivity contribution >= 4 is 39.2 Å². The first kappa shape index (κ1) is 11.7. The molecule has 0 aliphatic carbocycles. The maximum Gasteiger partial charge on any atom is 0.339 e. The Hall–Kier alpha value is -0.380. The van der Waals surface area contributed by atoms with Gasteiger partial charge in [0.2, 0.25) is 0 Å². The fraction of sp³-hybridized carbons (Fsp3) is 0.222. The molecule has 0 N–H and O–H groups in total. The zero-order chi connectivity index (χ0) is 10.7. The molecule has 2 nitrogen and oxygen atoms in total. The Bertz CT molecular complexity index is 366. The molecule has 0 unspecified atom stereocenters. The molecule has 76 valence electrons. The summed E-state index contributed by atoms with van der Waals surface area (Å²) in [4.78, 5) is 11.9. The second-order valence-corrected chi connectivity index (χ2v) is 4.12. The number of ether oxygens (including phenoxy) is 1. The van der Waals surface area contributed by atoms with Crippen molar-refractivity contribution in [1.82, 2.24) is 0 Å². The van der Waals surface area contributed by atoms with Crippen LogP contribution in [-0.2, 0) is 4.74 Å². The van der Waals surface area contributed by atoms with Gasteiger partial charge >= 0.3 is 5.97 Å². The van der Waals surface area contributed by atoms with Crippen LogP contribution in [0.1, 0.15) is 15.9 Å². The highest BCUT2D eigenvalue weighted by molar-refractivity contribution is 8.21. The molecule has 1 aromatic rings. The Balaban J connectivity index is 3.32. The number of aryl methyl sites for hydroxylation is 1. The van der Waals surface area contributed by atoms with Gasteiger partial charge in [0.15, 0.2) is 0 Å². The number of esters is 1. The molecule has 1 aromatic carbocycles. The van der Waals surface area contributed by atoms with Crippen LogP contribution < -0.4 is 0 Å². The predicted octanol–water partition coefficient (Wildman–Crippen LogP) is 3.68. The van der Waals surface area contributed by atoms with Gasteiger partial charge in [0.1, 0.15) is 0 Å². The van der Waals surface area contributed by atoms with Crippen LogP contribution in [0.3, 0.4) is 0 Å². The number of methoxy groups -OCH3 is 1. The zero-order valence-corrected chi connectivity index (χ0v) is 9.96. The molecule has 1 rings (SSSR count). The summed E-state index contributed by atoms with van der Waals surface area (Å²) in [7, 11) is 7.85. The number of hydrogen-bond acceptors (Lipinski definition) is 3. The highest BCUT2D eigenvalue weighted by atomic mass is 35.7. The first-order chi connectivity index (χ1) is 6.60. The lowest BCUT2D eigenvalue weighted by atomic mass is 10.1. The molecule has 0 bridgehead atoms. The van der Waals surface area contributed by atoms with Gasteiger partial charge in [-0.25, -0.2) is 4.79 Å². The number of halogens is 2. The van der Waals surface area contributed by atoms with E-state index in [9.17, 15) is 4.79 Å². The summed E-state index contributed by atoms with van der Waals surface area (Å²) in [6.07, 6.45) is 0. The van der Waals surface area contributed by atoms with Crippen molar-refractivity contribution in [3.8, 4) is 0 Å². The quantitative estimate of drug-likeness (QED) is 0.750. The Morgan fingerprint density at radius 2 is 2.14 bits per heavy atom. The van der Waals surface area contributed by atoms with E-state index in [0.717, 1.165) is 16.5 Å². The number of carbonyl (C=O) groups excluding carboxylic acids is 1. The van der Waals surface area contributed by atoms with Crippen LogP contribution in [0.2, 0.25) is 5.02 Å². The second-order valence-electron chi connectivity index (χ2n) is 2.69. The van der Waals surface area contributed by atoms with Gasteiger partial charge in [0, 0.05) is 0 Å². The SMILES string of the molecule is COC(=O)c1cc(C)cc(Cl)c1SCl. The van der Waals surface area contributed by atoms with Crippen molar-refractivity contribution in [2.24, 2.45) is 0 Å². The molecule has 0 atom stereocenters. The van der Waals surface area contributed by atoms with Crippen molar-refractivity contribution in [1.29, 1.82) is 0 Å². The van der Waals surface area contributed by atoms with E-state index < -0.39 is 5.97 Å². The molecule has 0 saturated heterocycles. The topological polar surface area (TPSA) is 26.3 Å². The molecule has 0 spiro atoms. The van der Waals surface area contributed by atoms with Crippen molar-refractivity contribution in [2.75, 3.05) is 7.11 Å². The summed E-state index contributed by atoms with van der Waals surface area (Å²) in [5.41, 5.74) is 1.29. The lowest BCUT2D eigenvalue weighted by molar-refractivity contribution is 0.0596. The largest absolute Gasteiger partial charge is 0.465 e. The van der Waals surface area contributed by atoms with Crippen LogP contribution >= 0.6 is 33.3 Å². The van der Waals surface area contributed by atoms with Crippen LogP contribution in [0.25, 0.3) is 0 Å². The van der Waals surface area contributed by atoms with Crippen molar-refractivity contribution in [2.45, 2.75) is 11.8 Å². The monoisotopic (exact) mass is 250 g/mol. The first-order valence-electron chi connectivity index (χ1n) is 3.77. The molecular weight excluding hydrogens is 243 g/mol. The average Bonchev–Trinajstić information content (AvgIpc) is 2.15. The lowest BCUT2D eigenvalue weighted by Crippen LogP contribution is -2.03. The Morgan fingerprint density at radius 1 is 1.50 bits per heavy atom. The molecule has 0 aromatic heterocycles. The smallest absolute Gasteiger partial charge is 0.339 e. The zero-order valence-electron chi connectivity index (χ0n) is 7.64. The average molecular weight is 251 g/mol. The van der Waals surface area contributed by atoms with E-state index in [-0.39, 0.29) is 0 Å². The molecular formula is C9H8Cl2O2S. The van der Waals surface area contributed by atoms with E-state index in [1.165, 1.54) is 7.11 Å². The van der Waals surface area contributed by atoms with Crippen LogP contribution in [0, 0.1) is 6.92 Å². The third-order valence-electron chi connectivity index (χ3n) is 1.67. The summed E-state index contributed by atoms with van der Waals surface area (Å²) < 4.78 is 4.62. The maximum absolute atomic E-state index is 11.3. The first-order valence-corrected chi connectivity index (χ1v) is 5.79. The van der Waals surface area contributed by atoms with Gasteiger partial charge in [-0.15, -0.1) is 0 Å². The molecule has 14 heavy (non-hydrogen) atoms. The molecule has 5 heteroatoms. The van der Waals surface area contributed by atoms with Crippen LogP contribution in [0.5, 0.6) is 0 Å². The van der Waals surface area contributed by atoms with Gasteiger partial charge in [-0.05, 0) is 46.3 Å². The minimum atomic E-state index is -0.432. The number of carbonyl (C=O) groups is 1. The summed E-state index contributed by atoms with van der Waals surface area (Å²) in [6, 6.07) is 3.45. The molecule has 0 heterocycles. The lowest BCUT2D eigenvalue weighted by Gasteiger charge is -2.07. The Labute approximate surface area is 96.0 Å². The maximum atomic E-state index is 11.3. The van der Waals surface area contributed by atoms with Crippen molar-refractivity contribution in [3.63, 3.8) is 0 Å². The number of rotatable bonds is 2. The van der Waals surface area contributed by atoms with Gasteiger partial charge < -0.3 is 4.74 Å². The molecule has 0 radical (unpaired) electrons. The van der Waals surface area contributed by atoms with Crippen LogP contribution in [0.15, 0.2) is 17.0 Å². The summed E-state index contributed by atoms with van der Waals surface area (Å²) in [5, 5.41) is 0.463. The van der Waals surface area contributed by atoms with Gasteiger partial charge in [-0.3, -0.25) is 0 Å². The van der Waals surface area contributed by atoms with Crippen LogP contribution in [0.4, 0.5) is 0 Å². The Kier molecular flexibility index (Phi) is 4.11. The van der Waals surface area contributed by atoms with Gasteiger partial charge in [-0.1, -0.05) is 11.6 Å². The molecule has 0 saturated carbocycles. The fourth-order valence-electron chi connectivity index (χ4n) is 1.07. The Morgan fingerprint density at radius 3 is 2.64 bits per heavy atom. The standard InChI is InChI=1S/C9H8Cl2O2S/c1-5-3-6(9(12)13-2)8(14-11)7(10)4-5/h3-4H,1-2H3. The van der Waals surface area contributed by atoms with Crippen molar-refractivity contribution in [3.05, 3.63) is 28.3 Å². The van der Waals surface area contributed by atoms with E-state index in [0.29, 0.717) is 15.5 Å².